The van der Waals surface area contributed by atoms with E-state index in [1.54, 1.807) is 0 Å². The van der Waals surface area contributed by atoms with Gasteiger partial charge in [-0.2, -0.15) is 0 Å². The van der Waals surface area contributed by atoms with Crippen molar-refractivity contribution in [3.05, 3.63) is 12.7 Å². The zero-order valence-electron chi connectivity index (χ0n) is 10.4. The number of aliphatic hydroxyl groups is 1. The standard InChI is InChI=1S/C8H18O2.C4H6O2/c1-2-3-4-5-7-10-8-6-9;1-3-4(5)6-2/h9H,2-8H2,1H3;3H,1H2,2H3. The van der Waals surface area contributed by atoms with E-state index < -0.39 is 5.97 Å². The molecule has 0 spiro atoms. The Labute approximate surface area is 98.3 Å². The number of ether oxygens (including phenoxy) is 2. The quantitative estimate of drug-likeness (QED) is 0.394. The molecule has 0 rings (SSSR count). The molecule has 0 radical (unpaired) electrons. The van der Waals surface area contributed by atoms with E-state index in [0.717, 1.165) is 19.1 Å². The molecule has 16 heavy (non-hydrogen) atoms. The maximum Gasteiger partial charge on any atom is 0.329 e. The predicted octanol–water partition coefficient (Wildman–Crippen LogP) is 1.92. The smallest absolute Gasteiger partial charge is 0.329 e. The van der Waals surface area contributed by atoms with Gasteiger partial charge in [-0.15, -0.1) is 0 Å². The first-order valence-corrected chi connectivity index (χ1v) is 5.61. The summed E-state index contributed by atoms with van der Waals surface area (Å²) in [6.45, 7) is 6.79. The SMILES string of the molecule is C=CC(=O)OC.CCCCCCOCCO. The molecule has 0 aliphatic rings. The van der Waals surface area contributed by atoms with Gasteiger partial charge in [0.05, 0.1) is 20.3 Å². The van der Waals surface area contributed by atoms with Crippen molar-refractivity contribution in [3.63, 3.8) is 0 Å². The molecule has 0 aromatic rings. The van der Waals surface area contributed by atoms with Crippen molar-refractivity contribution in [3.8, 4) is 0 Å². The number of unbranched alkanes of at least 4 members (excludes halogenated alkanes) is 3. The molecule has 0 saturated heterocycles. The lowest BCUT2D eigenvalue weighted by atomic mass is 10.2. The van der Waals surface area contributed by atoms with Crippen molar-refractivity contribution >= 4 is 5.97 Å². The molecule has 0 fully saturated rings. The van der Waals surface area contributed by atoms with E-state index >= 15 is 0 Å². The first-order valence-electron chi connectivity index (χ1n) is 5.61. The summed E-state index contributed by atoms with van der Waals surface area (Å²) in [7, 11) is 1.31. The Morgan fingerprint density at radius 1 is 1.31 bits per heavy atom. The van der Waals surface area contributed by atoms with Gasteiger partial charge in [0.1, 0.15) is 0 Å². The summed E-state index contributed by atoms with van der Waals surface area (Å²) < 4.78 is 9.22. The highest BCUT2D eigenvalue weighted by Crippen LogP contribution is 1.98. The van der Waals surface area contributed by atoms with E-state index in [-0.39, 0.29) is 6.61 Å². The van der Waals surface area contributed by atoms with Crippen LogP contribution in [0.25, 0.3) is 0 Å². The molecule has 0 bridgehead atoms. The van der Waals surface area contributed by atoms with E-state index in [1.165, 1.54) is 26.4 Å². The highest BCUT2D eigenvalue weighted by atomic mass is 16.5. The van der Waals surface area contributed by atoms with Crippen LogP contribution < -0.4 is 0 Å². The first kappa shape index (κ1) is 17.5. The summed E-state index contributed by atoms with van der Waals surface area (Å²) in [6.07, 6.45) is 6.05. The summed E-state index contributed by atoms with van der Waals surface area (Å²) in [5.74, 6) is -0.394. The fraction of sp³-hybridized carbons (Fsp3) is 0.750. The van der Waals surface area contributed by atoms with E-state index in [4.69, 9.17) is 9.84 Å². The molecular weight excluding hydrogens is 208 g/mol. The second kappa shape index (κ2) is 16.6. The number of methoxy groups -OCH3 is 1. The third kappa shape index (κ3) is 18.8. The average Bonchev–Trinajstić information content (AvgIpc) is 2.33. The molecule has 4 heteroatoms. The Kier molecular flexibility index (Phi) is 18.1. The summed E-state index contributed by atoms with van der Waals surface area (Å²) in [4.78, 5) is 9.84. The molecule has 0 unspecified atom stereocenters. The van der Waals surface area contributed by atoms with Crippen LogP contribution in [0, 0.1) is 0 Å². The van der Waals surface area contributed by atoms with Crippen LogP contribution in [0.2, 0.25) is 0 Å². The molecular formula is C12H24O4. The van der Waals surface area contributed by atoms with Crippen LogP contribution in [0.3, 0.4) is 0 Å². The number of hydrogen-bond acceptors (Lipinski definition) is 4. The Balaban J connectivity index is 0. The summed E-state index contributed by atoms with van der Waals surface area (Å²) in [6, 6.07) is 0. The Hall–Kier alpha value is -0.870. The Bertz CT molecular complexity index is 149. The topological polar surface area (TPSA) is 55.8 Å². The molecule has 0 saturated carbocycles. The second-order valence-corrected chi connectivity index (χ2v) is 3.12. The van der Waals surface area contributed by atoms with Gasteiger partial charge in [-0.3, -0.25) is 0 Å². The molecule has 0 aliphatic heterocycles. The molecule has 0 atom stereocenters. The summed E-state index contributed by atoms with van der Waals surface area (Å²) in [5, 5.41) is 8.34. The van der Waals surface area contributed by atoms with E-state index in [1.807, 2.05) is 0 Å². The zero-order valence-corrected chi connectivity index (χ0v) is 10.4. The van der Waals surface area contributed by atoms with Gasteiger partial charge in [-0.05, 0) is 6.42 Å². The minimum Gasteiger partial charge on any atom is -0.466 e. The molecule has 0 amide bonds. The van der Waals surface area contributed by atoms with Gasteiger partial charge in [0.25, 0.3) is 0 Å². The molecule has 0 aromatic heterocycles. The minimum atomic E-state index is -0.394. The molecule has 0 aliphatic carbocycles. The summed E-state index contributed by atoms with van der Waals surface area (Å²) in [5.41, 5.74) is 0. The molecule has 0 heterocycles. The second-order valence-electron chi connectivity index (χ2n) is 3.12. The third-order valence-electron chi connectivity index (χ3n) is 1.75. The molecule has 96 valence electrons. The van der Waals surface area contributed by atoms with Gasteiger partial charge >= 0.3 is 5.97 Å². The van der Waals surface area contributed by atoms with Crippen LogP contribution in [0.4, 0.5) is 0 Å². The van der Waals surface area contributed by atoms with Crippen LogP contribution in [0.1, 0.15) is 32.6 Å². The van der Waals surface area contributed by atoms with Crippen molar-refractivity contribution in [1.82, 2.24) is 0 Å². The maximum absolute atomic E-state index is 9.84. The normalized spacial score (nSPS) is 8.94. The first-order chi connectivity index (χ1) is 7.72. The van der Waals surface area contributed by atoms with Crippen LogP contribution in [-0.2, 0) is 14.3 Å². The van der Waals surface area contributed by atoms with Gasteiger partial charge in [0, 0.05) is 12.7 Å². The van der Waals surface area contributed by atoms with Crippen LogP contribution in [0.15, 0.2) is 12.7 Å². The fourth-order valence-corrected chi connectivity index (χ4v) is 0.881. The number of carbonyl (C=O) groups is 1. The maximum atomic E-state index is 9.84. The van der Waals surface area contributed by atoms with E-state index in [0.29, 0.717) is 6.61 Å². The number of aliphatic hydroxyl groups excluding tert-OH is 1. The minimum absolute atomic E-state index is 0.147. The van der Waals surface area contributed by atoms with Crippen molar-refractivity contribution in [1.29, 1.82) is 0 Å². The fourth-order valence-electron chi connectivity index (χ4n) is 0.881. The monoisotopic (exact) mass is 232 g/mol. The van der Waals surface area contributed by atoms with Gasteiger partial charge in [0.2, 0.25) is 0 Å². The predicted molar refractivity (Wildman–Crippen MR) is 64.3 cm³/mol. The number of carbonyl (C=O) groups excluding carboxylic acids is 1. The van der Waals surface area contributed by atoms with Gasteiger partial charge < -0.3 is 14.6 Å². The highest BCUT2D eigenvalue weighted by molar-refractivity contribution is 5.80. The van der Waals surface area contributed by atoms with Crippen molar-refractivity contribution in [2.75, 3.05) is 26.9 Å². The lowest BCUT2D eigenvalue weighted by molar-refractivity contribution is -0.134. The molecule has 0 aromatic carbocycles. The van der Waals surface area contributed by atoms with E-state index in [9.17, 15) is 4.79 Å². The highest BCUT2D eigenvalue weighted by Gasteiger charge is 1.87. The average molecular weight is 232 g/mol. The lowest BCUT2D eigenvalue weighted by Gasteiger charge is -2.00. The van der Waals surface area contributed by atoms with Crippen LogP contribution >= 0.6 is 0 Å². The number of esters is 1. The number of hydrogen-bond donors (Lipinski definition) is 1. The third-order valence-corrected chi connectivity index (χ3v) is 1.75. The van der Waals surface area contributed by atoms with E-state index in [2.05, 4.69) is 18.2 Å². The van der Waals surface area contributed by atoms with Gasteiger partial charge in [-0.1, -0.05) is 32.8 Å². The van der Waals surface area contributed by atoms with Crippen LogP contribution in [-0.4, -0.2) is 38.0 Å². The van der Waals surface area contributed by atoms with Crippen LogP contribution in [0.5, 0.6) is 0 Å². The number of rotatable bonds is 8. The van der Waals surface area contributed by atoms with Crippen molar-refractivity contribution in [2.45, 2.75) is 32.6 Å². The largest absolute Gasteiger partial charge is 0.466 e. The molecule has 1 N–H and O–H groups in total. The summed E-state index contributed by atoms with van der Waals surface area (Å²) >= 11 is 0. The zero-order chi connectivity index (χ0) is 12.6. The van der Waals surface area contributed by atoms with Crippen molar-refractivity contribution < 1.29 is 19.4 Å². The van der Waals surface area contributed by atoms with Gasteiger partial charge in [-0.25, -0.2) is 4.79 Å². The Morgan fingerprint density at radius 3 is 2.38 bits per heavy atom. The lowest BCUT2D eigenvalue weighted by Crippen LogP contribution is -2.00. The van der Waals surface area contributed by atoms with Gasteiger partial charge in [0.15, 0.2) is 0 Å². The molecule has 4 nitrogen and oxygen atoms in total. The Morgan fingerprint density at radius 2 is 2.00 bits per heavy atom. The van der Waals surface area contributed by atoms with Crippen molar-refractivity contribution in [2.24, 2.45) is 0 Å².